The number of hydrogen-bond donors (Lipinski definition) is 1. The fraction of sp³-hybridized carbons (Fsp3) is 0.364. The van der Waals surface area contributed by atoms with Gasteiger partial charge in [0, 0.05) is 18.1 Å². The molecular weight excluding hydrogens is 265 g/mol. The maximum Gasteiger partial charge on any atom is 0.258 e. The molecule has 2 aliphatic rings. The van der Waals surface area contributed by atoms with E-state index in [-0.39, 0.29) is 12.5 Å². The molecule has 0 saturated carbocycles. The minimum absolute atomic E-state index is 0.278. The fourth-order valence-electron chi connectivity index (χ4n) is 2.43. The van der Waals surface area contributed by atoms with E-state index in [1.54, 1.807) is 12.1 Å². The van der Waals surface area contributed by atoms with E-state index in [1.165, 1.54) is 0 Å². The average molecular weight is 274 g/mol. The lowest BCUT2D eigenvalue weighted by Gasteiger charge is -2.47. The van der Waals surface area contributed by atoms with Crippen LogP contribution in [-0.4, -0.2) is 29.3 Å². The van der Waals surface area contributed by atoms with E-state index in [0.29, 0.717) is 34.4 Å². The van der Waals surface area contributed by atoms with E-state index >= 15 is 0 Å². The Morgan fingerprint density at radius 1 is 1.35 bits per heavy atom. The number of nitrogens with zero attached hydrogens (tertiary/aromatic N) is 1. The van der Waals surface area contributed by atoms with Gasteiger partial charge in [-0.3, -0.25) is 10.0 Å². The summed E-state index contributed by atoms with van der Waals surface area (Å²) in [5, 5.41) is 10.8. The van der Waals surface area contributed by atoms with Crippen LogP contribution in [0, 0.1) is 0 Å². The van der Waals surface area contributed by atoms with Crippen molar-refractivity contribution in [3.05, 3.63) is 27.7 Å². The van der Waals surface area contributed by atoms with Crippen LogP contribution >= 0.6 is 23.2 Å². The number of amides is 1. The highest BCUT2D eigenvalue weighted by molar-refractivity contribution is 6.42. The normalized spacial score (nSPS) is 26.5. The molecule has 1 fully saturated rings. The second-order valence-electron chi connectivity index (χ2n) is 4.31. The lowest BCUT2D eigenvalue weighted by atomic mass is 9.70. The highest BCUT2D eigenvalue weighted by Gasteiger charge is 2.56. The Morgan fingerprint density at radius 2 is 2.06 bits per heavy atom. The minimum Gasteiger partial charge on any atom is -0.493 e. The molecule has 1 aromatic rings. The monoisotopic (exact) mass is 273 g/mol. The van der Waals surface area contributed by atoms with Gasteiger partial charge >= 0.3 is 0 Å². The number of hydroxylamine groups is 2. The minimum atomic E-state index is -0.684. The zero-order valence-electron chi connectivity index (χ0n) is 8.74. The van der Waals surface area contributed by atoms with Crippen LogP contribution in [0.3, 0.4) is 0 Å². The molecule has 3 rings (SSSR count). The first-order chi connectivity index (χ1) is 8.04. The maximum atomic E-state index is 11.8. The Labute approximate surface area is 108 Å². The van der Waals surface area contributed by atoms with Gasteiger partial charge in [0.15, 0.2) is 0 Å². The molecule has 0 aromatic heterocycles. The van der Waals surface area contributed by atoms with Crippen LogP contribution in [0.4, 0.5) is 0 Å². The third-order valence-corrected chi connectivity index (χ3v) is 4.11. The highest BCUT2D eigenvalue weighted by atomic mass is 35.5. The first-order valence-electron chi connectivity index (χ1n) is 5.18. The van der Waals surface area contributed by atoms with E-state index in [0.717, 1.165) is 5.06 Å². The van der Waals surface area contributed by atoms with Gasteiger partial charge in [-0.2, -0.15) is 0 Å². The quantitative estimate of drug-likeness (QED) is 0.583. The van der Waals surface area contributed by atoms with Crippen molar-refractivity contribution in [3.8, 4) is 5.75 Å². The summed E-state index contributed by atoms with van der Waals surface area (Å²) in [6.45, 7) is 0.713. The third kappa shape index (κ3) is 1.38. The second-order valence-corrected chi connectivity index (χ2v) is 5.12. The summed E-state index contributed by atoms with van der Waals surface area (Å²) in [5.41, 5.74) is 0.0322. The van der Waals surface area contributed by atoms with E-state index in [2.05, 4.69) is 0 Å². The molecular formula is C11H9Cl2NO3. The van der Waals surface area contributed by atoms with Crippen molar-refractivity contribution in [1.82, 2.24) is 5.06 Å². The van der Waals surface area contributed by atoms with Gasteiger partial charge in [0.05, 0.1) is 23.2 Å². The van der Waals surface area contributed by atoms with Crippen molar-refractivity contribution < 1.29 is 14.7 Å². The molecule has 0 bridgehead atoms. The number of hydrogen-bond acceptors (Lipinski definition) is 3. The van der Waals surface area contributed by atoms with Crippen LogP contribution in [0.1, 0.15) is 12.0 Å². The van der Waals surface area contributed by atoms with Crippen LogP contribution < -0.4 is 4.74 Å². The molecule has 1 saturated heterocycles. The number of benzene rings is 1. The molecule has 0 aliphatic carbocycles. The summed E-state index contributed by atoms with van der Waals surface area (Å²) in [6.07, 6.45) is 0.549. The fourth-order valence-corrected chi connectivity index (χ4v) is 2.75. The molecule has 17 heavy (non-hydrogen) atoms. The van der Waals surface area contributed by atoms with E-state index in [4.69, 9.17) is 27.9 Å². The maximum absolute atomic E-state index is 11.8. The Bertz CT molecular complexity index is 520. The Hall–Kier alpha value is -0.970. The topological polar surface area (TPSA) is 49.8 Å². The zero-order chi connectivity index (χ0) is 12.2. The van der Waals surface area contributed by atoms with Gasteiger partial charge in [-0.15, -0.1) is 0 Å². The van der Waals surface area contributed by atoms with Crippen molar-refractivity contribution in [2.24, 2.45) is 0 Å². The summed E-state index contributed by atoms with van der Waals surface area (Å²) in [5.74, 6) is 0.271. The molecule has 0 radical (unpaired) electrons. The molecule has 1 amide bonds. The van der Waals surface area contributed by atoms with Crippen molar-refractivity contribution in [2.45, 2.75) is 11.8 Å². The Morgan fingerprint density at radius 3 is 2.71 bits per heavy atom. The number of carbonyl (C=O) groups excluding carboxylic acids is 1. The van der Waals surface area contributed by atoms with E-state index < -0.39 is 5.41 Å². The second kappa shape index (κ2) is 3.51. The van der Waals surface area contributed by atoms with Gasteiger partial charge in [0.25, 0.3) is 5.91 Å². The van der Waals surface area contributed by atoms with Crippen LogP contribution in [0.15, 0.2) is 12.1 Å². The first-order valence-corrected chi connectivity index (χ1v) is 5.93. The van der Waals surface area contributed by atoms with Gasteiger partial charge in [-0.05, 0) is 6.07 Å². The van der Waals surface area contributed by atoms with Crippen LogP contribution in [0.5, 0.6) is 5.75 Å². The zero-order valence-corrected chi connectivity index (χ0v) is 10.3. The molecule has 2 heterocycles. The van der Waals surface area contributed by atoms with Gasteiger partial charge in [-0.25, -0.2) is 5.06 Å². The Kier molecular flexibility index (Phi) is 2.30. The molecule has 1 unspecified atom stereocenters. The number of rotatable bonds is 0. The predicted octanol–water partition coefficient (Wildman–Crippen LogP) is 2.25. The summed E-state index contributed by atoms with van der Waals surface area (Å²) in [7, 11) is 0. The largest absolute Gasteiger partial charge is 0.493 e. The number of carbonyl (C=O) groups is 1. The van der Waals surface area contributed by atoms with Gasteiger partial charge in [0.2, 0.25) is 0 Å². The number of ether oxygens (including phenoxy) is 1. The lowest BCUT2D eigenvalue weighted by molar-refractivity contribution is -0.205. The SMILES string of the molecule is O=C1N(O)CC12CCOc1cc(Cl)c(Cl)cc12. The standard InChI is InChI=1S/C11H9Cl2NO3/c12-7-3-6-9(4-8(7)13)17-2-1-11(6)5-14(16)10(11)15/h3-4,16H,1-2,5H2. The van der Waals surface area contributed by atoms with Crippen LogP contribution in [0.2, 0.25) is 10.0 Å². The predicted molar refractivity (Wildman–Crippen MR) is 61.8 cm³/mol. The summed E-state index contributed by atoms with van der Waals surface area (Å²) in [4.78, 5) is 11.8. The van der Waals surface area contributed by atoms with Gasteiger partial charge in [-0.1, -0.05) is 23.2 Å². The molecule has 1 aromatic carbocycles. The highest BCUT2D eigenvalue weighted by Crippen LogP contribution is 2.47. The smallest absolute Gasteiger partial charge is 0.258 e. The molecule has 2 aliphatic heterocycles. The lowest BCUT2D eigenvalue weighted by Crippen LogP contribution is -2.64. The average Bonchev–Trinajstić information content (AvgIpc) is 2.31. The van der Waals surface area contributed by atoms with Crippen molar-refractivity contribution in [1.29, 1.82) is 0 Å². The Balaban J connectivity index is 2.15. The van der Waals surface area contributed by atoms with Crippen molar-refractivity contribution >= 4 is 29.1 Å². The number of halogens is 2. The van der Waals surface area contributed by atoms with Crippen LogP contribution in [-0.2, 0) is 10.2 Å². The first kappa shape index (κ1) is 11.1. The third-order valence-electron chi connectivity index (χ3n) is 3.39. The molecule has 90 valence electrons. The molecule has 1 atom stereocenters. The van der Waals surface area contributed by atoms with Crippen LogP contribution in [0.25, 0.3) is 0 Å². The summed E-state index contributed by atoms with van der Waals surface area (Å²) >= 11 is 11.9. The number of β-lactam (4-membered cyclic amide) rings is 1. The van der Waals surface area contributed by atoms with E-state index in [1.807, 2.05) is 0 Å². The summed E-state index contributed by atoms with van der Waals surface area (Å²) in [6, 6.07) is 3.27. The van der Waals surface area contributed by atoms with Gasteiger partial charge in [0.1, 0.15) is 11.2 Å². The van der Waals surface area contributed by atoms with Crippen molar-refractivity contribution in [3.63, 3.8) is 0 Å². The van der Waals surface area contributed by atoms with Crippen molar-refractivity contribution in [2.75, 3.05) is 13.2 Å². The van der Waals surface area contributed by atoms with Gasteiger partial charge < -0.3 is 4.74 Å². The molecule has 1 N–H and O–H groups in total. The van der Waals surface area contributed by atoms with E-state index in [9.17, 15) is 10.0 Å². The molecule has 4 nitrogen and oxygen atoms in total. The molecule has 1 spiro atoms. The molecule has 6 heteroatoms. The summed E-state index contributed by atoms with van der Waals surface area (Å²) < 4.78 is 5.48. The number of fused-ring (bicyclic) bond motifs is 2.